The molecule has 2 fully saturated rings. The van der Waals surface area contributed by atoms with Crippen LogP contribution in [0.4, 0.5) is 0 Å². The maximum Gasteiger partial charge on any atom is 0.223 e. The quantitative estimate of drug-likeness (QED) is 0.749. The molecule has 0 radical (unpaired) electrons. The second-order valence-corrected chi connectivity index (χ2v) is 6.25. The van der Waals surface area contributed by atoms with Crippen molar-refractivity contribution < 1.29 is 4.79 Å². The van der Waals surface area contributed by atoms with Crippen LogP contribution in [-0.2, 0) is 4.79 Å². The van der Waals surface area contributed by atoms with Crippen molar-refractivity contribution in [3.05, 3.63) is 0 Å². The van der Waals surface area contributed by atoms with E-state index in [9.17, 15) is 4.79 Å². The van der Waals surface area contributed by atoms with Gasteiger partial charge in [0.25, 0.3) is 0 Å². The highest BCUT2D eigenvalue weighted by Crippen LogP contribution is 2.37. The number of hydrogen-bond acceptors (Lipinski definition) is 2. The van der Waals surface area contributed by atoms with Crippen molar-refractivity contribution in [2.75, 3.05) is 0 Å². The fraction of sp³-hybridized carbons (Fsp3) is 0.923. The number of nitrogens with two attached hydrogens (primary N) is 1. The van der Waals surface area contributed by atoms with Crippen LogP contribution >= 0.6 is 0 Å². The molecular weight excluding hydrogens is 200 g/mol. The van der Waals surface area contributed by atoms with Crippen molar-refractivity contribution in [3.8, 4) is 0 Å². The summed E-state index contributed by atoms with van der Waals surface area (Å²) in [6, 6.07) is 0.193. The molecule has 0 aromatic carbocycles. The van der Waals surface area contributed by atoms with Crippen molar-refractivity contribution in [3.63, 3.8) is 0 Å². The van der Waals surface area contributed by atoms with Gasteiger partial charge in [0.05, 0.1) is 0 Å². The Morgan fingerprint density at radius 2 is 1.88 bits per heavy atom. The van der Waals surface area contributed by atoms with Crippen LogP contribution in [0.1, 0.15) is 46.5 Å². The lowest BCUT2D eigenvalue weighted by Gasteiger charge is -2.36. The number of hydrogen-bond donors (Lipinski definition) is 2. The fourth-order valence-corrected chi connectivity index (χ4v) is 2.75. The van der Waals surface area contributed by atoms with Gasteiger partial charge in [-0.1, -0.05) is 13.8 Å². The smallest absolute Gasteiger partial charge is 0.223 e. The highest BCUT2D eigenvalue weighted by atomic mass is 16.2. The summed E-state index contributed by atoms with van der Waals surface area (Å²) < 4.78 is 0. The van der Waals surface area contributed by atoms with E-state index >= 15 is 0 Å². The zero-order valence-electron chi connectivity index (χ0n) is 10.6. The highest BCUT2D eigenvalue weighted by Gasteiger charge is 2.42. The summed E-state index contributed by atoms with van der Waals surface area (Å²) in [5, 5.41) is 3.17. The maximum atomic E-state index is 12.1. The first-order valence-corrected chi connectivity index (χ1v) is 6.49. The molecule has 0 aliphatic heterocycles. The van der Waals surface area contributed by atoms with Crippen molar-refractivity contribution in [1.82, 2.24) is 5.32 Å². The normalized spacial score (nSPS) is 41.5. The second kappa shape index (κ2) is 4.02. The highest BCUT2D eigenvalue weighted by molar-refractivity contribution is 5.80. The number of carbonyl (C=O) groups excluding carboxylic acids is 1. The number of nitrogens with one attached hydrogen (secondary N) is 1. The van der Waals surface area contributed by atoms with E-state index in [2.05, 4.69) is 26.1 Å². The van der Waals surface area contributed by atoms with Crippen molar-refractivity contribution >= 4 is 5.91 Å². The van der Waals surface area contributed by atoms with E-state index < -0.39 is 0 Å². The molecule has 2 rings (SSSR count). The molecule has 92 valence electrons. The van der Waals surface area contributed by atoms with E-state index in [-0.39, 0.29) is 23.4 Å². The number of rotatable bonds is 2. The van der Waals surface area contributed by atoms with Gasteiger partial charge in [-0.2, -0.15) is 0 Å². The molecule has 2 aliphatic rings. The van der Waals surface area contributed by atoms with Gasteiger partial charge in [0.2, 0.25) is 5.91 Å². The van der Waals surface area contributed by atoms with Crippen molar-refractivity contribution in [2.45, 2.75) is 58.0 Å². The van der Waals surface area contributed by atoms with Gasteiger partial charge in [0, 0.05) is 17.5 Å². The van der Waals surface area contributed by atoms with Gasteiger partial charge in [-0.05, 0) is 44.4 Å². The average Bonchev–Trinajstić information content (AvgIpc) is 2.89. The molecule has 0 spiro atoms. The first-order chi connectivity index (χ1) is 7.41. The van der Waals surface area contributed by atoms with E-state index in [0.717, 1.165) is 25.7 Å². The minimum Gasteiger partial charge on any atom is -0.351 e. The Bertz CT molecular complexity index is 286. The Labute approximate surface area is 98.2 Å². The lowest BCUT2D eigenvalue weighted by molar-refractivity contribution is -0.129. The summed E-state index contributed by atoms with van der Waals surface area (Å²) in [7, 11) is 0. The molecule has 4 atom stereocenters. The largest absolute Gasteiger partial charge is 0.351 e. The molecule has 3 nitrogen and oxygen atoms in total. The van der Waals surface area contributed by atoms with Gasteiger partial charge >= 0.3 is 0 Å². The summed E-state index contributed by atoms with van der Waals surface area (Å²) in [5.41, 5.74) is 6.17. The Morgan fingerprint density at radius 1 is 1.25 bits per heavy atom. The van der Waals surface area contributed by atoms with Gasteiger partial charge in [0.15, 0.2) is 0 Å². The summed E-state index contributed by atoms with van der Waals surface area (Å²) >= 11 is 0. The van der Waals surface area contributed by atoms with Gasteiger partial charge in [0.1, 0.15) is 0 Å². The third kappa shape index (κ3) is 2.40. The SMILES string of the molecule is CC1CC(C)C(C(=O)NC2(C)CC2)CC1N. The van der Waals surface area contributed by atoms with E-state index in [1.165, 1.54) is 0 Å². The Kier molecular flexibility index (Phi) is 2.99. The summed E-state index contributed by atoms with van der Waals surface area (Å²) in [6.45, 7) is 6.50. The van der Waals surface area contributed by atoms with Crippen molar-refractivity contribution in [2.24, 2.45) is 23.5 Å². The molecule has 4 unspecified atom stereocenters. The predicted molar refractivity (Wildman–Crippen MR) is 64.8 cm³/mol. The van der Waals surface area contributed by atoms with Crippen LogP contribution in [0.2, 0.25) is 0 Å². The van der Waals surface area contributed by atoms with Gasteiger partial charge in [-0.3, -0.25) is 4.79 Å². The lowest BCUT2D eigenvalue weighted by Crippen LogP contribution is -2.47. The molecular formula is C13H24N2O. The molecule has 0 aromatic rings. The van der Waals surface area contributed by atoms with Gasteiger partial charge in [-0.25, -0.2) is 0 Å². The molecule has 0 heterocycles. The van der Waals surface area contributed by atoms with E-state index in [4.69, 9.17) is 5.73 Å². The van der Waals surface area contributed by atoms with Gasteiger partial charge in [-0.15, -0.1) is 0 Å². The van der Waals surface area contributed by atoms with E-state index in [1.807, 2.05) is 0 Å². The Balaban J connectivity index is 1.94. The molecule has 16 heavy (non-hydrogen) atoms. The molecule has 2 saturated carbocycles. The zero-order valence-corrected chi connectivity index (χ0v) is 10.6. The summed E-state index contributed by atoms with van der Waals surface area (Å²) in [4.78, 5) is 12.1. The summed E-state index contributed by atoms with van der Waals surface area (Å²) in [5.74, 6) is 1.38. The van der Waals surface area contributed by atoms with Crippen molar-refractivity contribution in [1.29, 1.82) is 0 Å². The molecule has 3 N–H and O–H groups in total. The van der Waals surface area contributed by atoms with E-state index in [0.29, 0.717) is 11.8 Å². The molecule has 0 bridgehead atoms. The number of carbonyl (C=O) groups is 1. The lowest BCUT2D eigenvalue weighted by atomic mass is 9.72. The zero-order chi connectivity index (χ0) is 11.9. The monoisotopic (exact) mass is 224 g/mol. The molecule has 2 aliphatic carbocycles. The maximum absolute atomic E-state index is 12.1. The second-order valence-electron chi connectivity index (χ2n) is 6.25. The first-order valence-electron chi connectivity index (χ1n) is 6.49. The van der Waals surface area contributed by atoms with Crippen LogP contribution in [0.3, 0.4) is 0 Å². The Morgan fingerprint density at radius 3 is 2.44 bits per heavy atom. The van der Waals surface area contributed by atoms with E-state index in [1.54, 1.807) is 0 Å². The van der Waals surface area contributed by atoms with Crippen LogP contribution in [-0.4, -0.2) is 17.5 Å². The standard InChI is InChI=1S/C13H24N2O/c1-8-6-9(2)11(14)7-10(8)12(16)15-13(3)4-5-13/h8-11H,4-7,14H2,1-3H3,(H,15,16). The third-order valence-electron chi connectivity index (χ3n) is 4.45. The molecule has 3 heteroatoms. The van der Waals surface area contributed by atoms with Crippen LogP contribution in [0.25, 0.3) is 0 Å². The Hall–Kier alpha value is -0.570. The predicted octanol–water partition coefficient (Wildman–Crippen LogP) is 1.66. The average molecular weight is 224 g/mol. The minimum atomic E-state index is 0.101. The first kappa shape index (κ1) is 11.9. The minimum absolute atomic E-state index is 0.101. The van der Waals surface area contributed by atoms with Crippen LogP contribution in [0.5, 0.6) is 0 Å². The molecule has 0 aromatic heterocycles. The van der Waals surface area contributed by atoms with Gasteiger partial charge < -0.3 is 11.1 Å². The van der Waals surface area contributed by atoms with Crippen LogP contribution < -0.4 is 11.1 Å². The topological polar surface area (TPSA) is 55.1 Å². The van der Waals surface area contributed by atoms with Crippen LogP contribution in [0.15, 0.2) is 0 Å². The fourth-order valence-electron chi connectivity index (χ4n) is 2.75. The molecule has 1 amide bonds. The molecule has 0 saturated heterocycles. The third-order valence-corrected chi connectivity index (χ3v) is 4.45. The van der Waals surface area contributed by atoms with Crippen LogP contribution in [0, 0.1) is 17.8 Å². The number of amides is 1. The summed E-state index contributed by atoms with van der Waals surface area (Å²) in [6.07, 6.45) is 4.19.